The van der Waals surface area contributed by atoms with E-state index in [2.05, 4.69) is 15.5 Å². The molecular weight excluding hydrogens is 230 g/mol. The van der Waals surface area contributed by atoms with Gasteiger partial charge in [-0.1, -0.05) is 0 Å². The number of carbonyl (C=O) groups excluding carboxylic acids is 1. The molecule has 0 radical (unpaired) electrons. The first-order chi connectivity index (χ1) is 8.83. The van der Waals surface area contributed by atoms with E-state index in [-0.39, 0.29) is 18.1 Å². The molecule has 0 aliphatic carbocycles. The largest absolute Gasteiger partial charge is 0.373 e. The van der Waals surface area contributed by atoms with Crippen LogP contribution in [0.15, 0.2) is 0 Å². The maximum atomic E-state index is 11.9. The molecule has 0 aromatic carbocycles. The van der Waals surface area contributed by atoms with Gasteiger partial charge in [-0.3, -0.25) is 9.69 Å². The van der Waals surface area contributed by atoms with Gasteiger partial charge in [0.1, 0.15) is 0 Å². The number of hydrogen-bond acceptors (Lipinski definition) is 4. The molecule has 3 atom stereocenters. The summed E-state index contributed by atoms with van der Waals surface area (Å²) in [7, 11) is 0. The molecule has 2 unspecified atom stereocenters. The summed E-state index contributed by atoms with van der Waals surface area (Å²) in [6.45, 7) is 4.63. The first kappa shape index (κ1) is 12.4. The molecule has 2 N–H and O–H groups in total. The lowest BCUT2D eigenvalue weighted by atomic mass is 10.2. The van der Waals surface area contributed by atoms with Crippen molar-refractivity contribution in [3.8, 4) is 0 Å². The van der Waals surface area contributed by atoms with Gasteiger partial charge in [0, 0.05) is 19.1 Å². The molecule has 3 aliphatic heterocycles. The highest BCUT2D eigenvalue weighted by atomic mass is 16.5. The average molecular weight is 253 g/mol. The predicted octanol–water partition coefficient (Wildman–Crippen LogP) is -0.282. The second-order valence-electron chi connectivity index (χ2n) is 5.64. The van der Waals surface area contributed by atoms with Gasteiger partial charge >= 0.3 is 0 Å². The minimum absolute atomic E-state index is 0.0214. The Morgan fingerprint density at radius 2 is 2.33 bits per heavy atom. The number of morpholine rings is 1. The smallest absolute Gasteiger partial charge is 0.237 e. The van der Waals surface area contributed by atoms with Crippen molar-refractivity contribution in [3.05, 3.63) is 0 Å². The van der Waals surface area contributed by atoms with Crippen LogP contribution in [0.3, 0.4) is 0 Å². The number of ether oxygens (including phenoxy) is 1. The SMILES string of the molecule is O=C(NCC1CN2CCCC2CO1)[C@@H]1CCCN1. The fourth-order valence-electron chi connectivity index (χ4n) is 3.26. The van der Waals surface area contributed by atoms with Gasteiger partial charge in [-0.05, 0) is 38.8 Å². The van der Waals surface area contributed by atoms with Crippen LogP contribution in [0.2, 0.25) is 0 Å². The molecule has 1 amide bonds. The highest BCUT2D eigenvalue weighted by molar-refractivity contribution is 5.82. The zero-order valence-corrected chi connectivity index (χ0v) is 10.9. The third-order valence-corrected chi connectivity index (χ3v) is 4.34. The van der Waals surface area contributed by atoms with E-state index in [1.807, 2.05) is 0 Å². The normalized spacial score (nSPS) is 36.6. The van der Waals surface area contributed by atoms with Crippen molar-refractivity contribution in [2.75, 3.05) is 32.8 Å². The zero-order chi connectivity index (χ0) is 12.4. The van der Waals surface area contributed by atoms with E-state index in [4.69, 9.17) is 4.74 Å². The van der Waals surface area contributed by atoms with E-state index in [0.29, 0.717) is 12.6 Å². The molecule has 5 nitrogen and oxygen atoms in total. The molecule has 3 fully saturated rings. The van der Waals surface area contributed by atoms with Gasteiger partial charge in [0.15, 0.2) is 0 Å². The molecular formula is C13H23N3O2. The summed E-state index contributed by atoms with van der Waals surface area (Å²) >= 11 is 0. The van der Waals surface area contributed by atoms with Gasteiger partial charge in [-0.2, -0.15) is 0 Å². The van der Waals surface area contributed by atoms with Gasteiger partial charge < -0.3 is 15.4 Å². The number of fused-ring (bicyclic) bond motifs is 1. The zero-order valence-electron chi connectivity index (χ0n) is 10.9. The van der Waals surface area contributed by atoms with Crippen LogP contribution in [0.5, 0.6) is 0 Å². The van der Waals surface area contributed by atoms with Crippen LogP contribution < -0.4 is 10.6 Å². The van der Waals surface area contributed by atoms with Crippen LogP contribution in [0.25, 0.3) is 0 Å². The Balaban J connectivity index is 1.41. The van der Waals surface area contributed by atoms with Gasteiger partial charge in [-0.25, -0.2) is 0 Å². The second kappa shape index (κ2) is 5.55. The topological polar surface area (TPSA) is 53.6 Å². The first-order valence-corrected chi connectivity index (χ1v) is 7.19. The van der Waals surface area contributed by atoms with Gasteiger partial charge in [0.2, 0.25) is 5.91 Å². The Kier molecular flexibility index (Phi) is 3.82. The van der Waals surface area contributed by atoms with Crippen molar-refractivity contribution < 1.29 is 9.53 Å². The van der Waals surface area contributed by atoms with Crippen molar-refractivity contribution >= 4 is 5.91 Å². The Morgan fingerprint density at radius 1 is 1.39 bits per heavy atom. The van der Waals surface area contributed by atoms with Crippen LogP contribution in [0.1, 0.15) is 25.7 Å². The maximum absolute atomic E-state index is 11.9. The minimum Gasteiger partial charge on any atom is -0.373 e. The lowest BCUT2D eigenvalue weighted by molar-refractivity contribution is -0.124. The van der Waals surface area contributed by atoms with Gasteiger partial charge in [-0.15, -0.1) is 0 Å². The number of carbonyl (C=O) groups is 1. The Bertz CT molecular complexity index is 305. The maximum Gasteiger partial charge on any atom is 0.237 e. The second-order valence-corrected chi connectivity index (χ2v) is 5.64. The summed E-state index contributed by atoms with van der Waals surface area (Å²) < 4.78 is 5.83. The molecule has 3 heterocycles. The Morgan fingerprint density at radius 3 is 3.17 bits per heavy atom. The third-order valence-electron chi connectivity index (χ3n) is 4.34. The van der Waals surface area contributed by atoms with Crippen LogP contribution in [-0.2, 0) is 9.53 Å². The number of nitrogens with zero attached hydrogens (tertiary/aromatic N) is 1. The van der Waals surface area contributed by atoms with E-state index < -0.39 is 0 Å². The van der Waals surface area contributed by atoms with E-state index >= 15 is 0 Å². The monoisotopic (exact) mass is 253 g/mol. The molecule has 18 heavy (non-hydrogen) atoms. The van der Waals surface area contributed by atoms with Crippen molar-refractivity contribution in [1.82, 2.24) is 15.5 Å². The molecule has 3 rings (SSSR count). The number of rotatable bonds is 3. The fraction of sp³-hybridized carbons (Fsp3) is 0.923. The van der Waals surface area contributed by atoms with Crippen LogP contribution in [0.4, 0.5) is 0 Å². The molecule has 3 saturated heterocycles. The molecule has 0 aromatic heterocycles. The van der Waals surface area contributed by atoms with Crippen molar-refractivity contribution in [3.63, 3.8) is 0 Å². The number of amides is 1. The fourth-order valence-corrected chi connectivity index (χ4v) is 3.26. The van der Waals surface area contributed by atoms with Crippen molar-refractivity contribution in [2.45, 2.75) is 43.9 Å². The summed E-state index contributed by atoms with van der Waals surface area (Å²) in [4.78, 5) is 14.4. The number of hydrogen-bond donors (Lipinski definition) is 2. The lowest BCUT2D eigenvalue weighted by Gasteiger charge is -2.35. The standard InChI is InChI=1S/C13H23N3O2/c17-13(12-4-1-5-14-12)15-7-11-8-16-6-2-3-10(16)9-18-11/h10-12,14H,1-9H2,(H,15,17)/t10?,11?,12-/m0/s1. The summed E-state index contributed by atoms with van der Waals surface area (Å²) in [5.41, 5.74) is 0. The number of nitrogens with one attached hydrogen (secondary N) is 2. The molecule has 0 spiro atoms. The first-order valence-electron chi connectivity index (χ1n) is 7.19. The molecule has 0 aromatic rings. The molecule has 0 bridgehead atoms. The molecule has 5 heteroatoms. The van der Waals surface area contributed by atoms with Gasteiger partial charge in [0.25, 0.3) is 0 Å². The quantitative estimate of drug-likeness (QED) is 0.726. The lowest BCUT2D eigenvalue weighted by Crippen LogP contribution is -2.51. The molecule has 0 saturated carbocycles. The third kappa shape index (κ3) is 2.68. The highest BCUT2D eigenvalue weighted by Gasteiger charge is 2.32. The van der Waals surface area contributed by atoms with Crippen LogP contribution in [0, 0.1) is 0 Å². The predicted molar refractivity (Wildman–Crippen MR) is 68.4 cm³/mol. The highest BCUT2D eigenvalue weighted by Crippen LogP contribution is 2.22. The summed E-state index contributed by atoms with van der Waals surface area (Å²) in [6.07, 6.45) is 4.80. The van der Waals surface area contributed by atoms with E-state index in [1.54, 1.807) is 0 Å². The molecule has 102 valence electrons. The summed E-state index contributed by atoms with van der Waals surface area (Å²) in [5.74, 6) is 0.139. The summed E-state index contributed by atoms with van der Waals surface area (Å²) in [5, 5.41) is 6.24. The van der Waals surface area contributed by atoms with Gasteiger partial charge in [0.05, 0.1) is 18.8 Å². The van der Waals surface area contributed by atoms with Crippen molar-refractivity contribution in [2.24, 2.45) is 0 Å². The molecule has 3 aliphatic rings. The van der Waals surface area contributed by atoms with Crippen molar-refractivity contribution in [1.29, 1.82) is 0 Å². The average Bonchev–Trinajstić information content (AvgIpc) is 3.05. The van der Waals surface area contributed by atoms with E-state index in [1.165, 1.54) is 19.4 Å². The Hall–Kier alpha value is -0.650. The summed E-state index contributed by atoms with van der Waals surface area (Å²) in [6, 6.07) is 0.654. The Labute approximate surface area is 108 Å². The van der Waals surface area contributed by atoms with E-state index in [9.17, 15) is 4.79 Å². The van der Waals surface area contributed by atoms with E-state index in [0.717, 1.165) is 32.5 Å². The minimum atomic E-state index is 0.0214. The van der Waals surface area contributed by atoms with Crippen LogP contribution >= 0.6 is 0 Å². The van der Waals surface area contributed by atoms with Crippen LogP contribution in [-0.4, -0.2) is 61.8 Å².